The largest absolute Gasteiger partial charge is 0.504 e. The number of benzene rings is 2. The number of ether oxygens (including phenoxy) is 1. The third kappa shape index (κ3) is 3.59. The smallest absolute Gasteiger partial charge is 0.161 e. The Morgan fingerprint density at radius 3 is 2.83 bits per heavy atom. The molecule has 0 unspecified atom stereocenters. The lowest BCUT2D eigenvalue weighted by molar-refractivity contribution is 0.232. The molecule has 0 bridgehead atoms. The van der Waals surface area contributed by atoms with Crippen molar-refractivity contribution < 1.29 is 9.84 Å². The summed E-state index contributed by atoms with van der Waals surface area (Å²) in [5.74, 6) is 0.663. The summed E-state index contributed by atoms with van der Waals surface area (Å²) >= 11 is 3.42. The highest BCUT2D eigenvalue weighted by Crippen LogP contribution is 2.28. The molecule has 0 fully saturated rings. The average molecular weight is 376 g/mol. The van der Waals surface area contributed by atoms with E-state index in [-0.39, 0.29) is 11.9 Å². The number of hydrogen-bond acceptors (Lipinski definition) is 4. The van der Waals surface area contributed by atoms with Crippen molar-refractivity contribution >= 4 is 32.5 Å². The van der Waals surface area contributed by atoms with Gasteiger partial charge in [0.15, 0.2) is 11.5 Å². The normalized spacial score (nSPS) is 11.1. The second-order valence-electron chi connectivity index (χ2n) is 5.59. The van der Waals surface area contributed by atoms with Crippen LogP contribution in [-0.4, -0.2) is 21.4 Å². The zero-order chi connectivity index (χ0) is 16.4. The molecule has 23 heavy (non-hydrogen) atoms. The Hall–Kier alpha value is -2.21. The van der Waals surface area contributed by atoms with Gasteiger partial charge >= 0.3 is 0 Å². The quantitative estimate of drug-likeness (QED) is 0.616. The minimum absolute atomic E-state index is 0.0322. The summed E-state index contributed by atoms with van der Waals surface area (Å²) in [6.45, 7) is 4.46. The number of nitrogens with zero attached hydrogens (tertiary/aromatic N) is 1. The van der Waals surface area contributed by atoms with E-state index in [1.54, 1.807) is 12.1 Å². The van der Waals surface area contributed by atoms with Gasteiger partial charge in [0.25, 0.3) is 0 Å². The Bertz CT molecular complexity index is 830. The van der Waals surface area contributed by atoms with Crippen LogP contribution in [0.3, 0.4) is 0 Å². The van der Waals surface area contributed by atoms with E-state index in [9.17, 15) is 5.11 Å². The number of aromatic hydroxyl groups is 1. The zero-order valence-electron chi connectivity index (χ0n) is 12.9. The summed E-state index contributed by atoms with van der Waals surface area (Å²) in [7, 11) is 0. The Labute approximate surface area is 142 Å². The van der Waals surface area contributed by atoms with Crippen molar-refractivity contribution in [1.29, 1.82) is 0 Å². The van der Waals surface area contributed by atoms with E-state index in [4.69, 9.17) is 4.74 Å². The van der Waals surface area contributed by atoms with E-state index in [0.29, 0.717) is 12.3 Å². The van der Waals surface area contributed by atoms with Crippen LogP contribution in [0.2, 0.25) is 0 Å². The van der Waals surface area contributed by atoms with Crippen LogP contribution in [-0.2, 0) is 6.54 Å². The summed E-state index contributed by atoms with van der Waals surface area (Å²) in [5, 5.41) is 21.5. The SMILES string of the molecule is CC(C)Oc1ccc(CNc2ccc3c(Br)[nH]nc3c2)cc1O. The van der Waals surface area contributed by atoms with Crippen LogP contribution in [0.5, 0.6) is 11.5 Å². The monoisotopic (exact) mass is 375 g/mol. The molecule has 0 atom stereocenters. The van der Waals surface area contributed by atoms with Crippen LogP contribution in [0.15, 0.2) is 41.0 Å². The lowest BCUT2D eigenvalue weighted by atomic mass is 10.2. The van der Waals surface area contributed by atoms with Crippen molar-refractivity contribution in [3.05, 3.63) is 46.6 Å². The molecule has 1 heterocycles. The van der Waals surface area contributed by atoms with Crippen molar-refractivity contribution in [1.82, 2.24) is 10.2 Å². The number of phenolic OH excluding ortho intramolecular Hbond substituents is 1. The minimum Gasteiger partial charge on any atom is -0.504 e. The van der Waals surface area contributed by atoms with Gasteiger partial charge in [0.1, 0.15) is 4.60 Å². The molecule has 0 radical (unpaired) electrons. The first-order valence-electron chi connectivity index (χ1n) is 7.39. The first-order chi connectivity index (χ1) is 11.0. The van der Waals surface area contributed by atoms with Crippen LogP contribution < -0.4 is 10.1 Å². The maximum atomic E-state index is 10.0. The lowest BCUT2D eigenvalue weighted by Gasteiger charge is -2.13. The van der Waals surface area contributed by atoms with Gasteiger partial charge in [-0.2, -0.15) is 5.10 Å². The molecule has 3 N–H and O–H groups in total. The van der Waals surface area contributed by atoms with Crippen molar-refractivity contribution in [2.75, 3.05) is 5.32 Å². The number of aromatic amines is 1. The van der Waals surface area contributed by atoms with E-state index < -0.39 is 0 Å². The molecular weight excluding hydrogens is 358 g/mol. The number of aromatic nitrogens is 2. The van der Waals surface area contributed by atoms with E-state index in [2.05, 4.69) is 31.4 Å². The molecule has 0 aliphatic rings. The highest BCUT2D eigenvalue weighted by molar-refractivity contribution is 9.10. The third-order valence-corrected chi connectivity index (χ3v) is 4.00. The molecule has 6 heteroatoms. The van der Waals surface area contributed by atoms with Gasteiger partial charge in [-0.3, -0.25) is 5.10 Å². The second kappa shape index (κ2) is 6.50. The molecule has 0 saturated carbocycles. The molecular formula is C17H18BrN3O2. The molecule has 3 rings (SSSR count). The highest BCUT2D eigenvalue weighted by atomic mass is 79.9. The van der Waals surface area contributed by atoms with Gasteiger partial charge in [0, 0.05) is 17.6 Å². The van der Waals surface area contributed by atoms with Crippen molar-refractivity contribution in [2.24, 2.45) is 0 Å². The van der Waals surface area contributed by atoms with Gasteiger partial charge < -0.3 is 15.2 Å². The molecule has 0 saturated heterocycles. The van der Waals surface area contributed by atoms with Crippen LogP contribution in [0, 0.1) is 0 Å². The number of hydrogen-bond donors (Lipinski definition) is 3. The molecule has 2 aromatic carbocycles. The van der Waals surface area contributed by atoms with Gasteiger partial charge in [-0.15, -0.1) is 0 Å². The maximum Gasteiger partial charge on any atom is 0.161 e. The fourth-order valence-corrected chi connectivity index (χ4v) is 2.74. The third-order valence-electron chi connectivity index (χ3n) is 3.39. The number of rotatable bonds is 5. The summed E-state index contributed by atoms with van der Waals surface area (Å²) < 4.78 is 6.41. The highest BCUT2D eigenvalue weighted by Gasteiger charge is 2.07. The van der Waals surface area contributed by atoms with Gasteiger partial charge in [-0.25, -0.2) is 0 Å². The Kier molecular flexibility index (Phi) is 4.43. The van der Waals surface area contributed by atoms with Crippen molar-refractivity contribution in [2.45, 2.75) is 26.5 Å². The first kappa shape index (κ1) is 15.7. The van der Waals surface area contributed by atoms with Crippen LogP contribution in [0.25, 0.3) is 10.9 Å². The number of fused-ring (bicyclic) bond motifs is 1. The minimum atomic E-state index is 0.0322. The molecule has 5 nitrogen and oxygen atoms in total. The summed E-state index contributed by atoms with van der Waals surface area (Å²) in [4.78, 5) is 0. The van der Waals surface area contributed by atoms with Gasteiger partial charge in [0.05, 0.1) is 11.6 Å². The molecule has 0 amide bonds. The topological polar surface area (TPSA) is 70.2 Å². The Balaban J connectivity index is 1.70. The molecule has 1 aromatic heterocycles. The Morgan fingerprint density at radius 1 is 1.26 bits per heavy atom. The van der Waals surface area contributed by atoms with E-state index >= 15 is 0 Å². The molecule has 0 aliphatic heterocycles. The van der Waals surface area contributed by atoms with Crippen molar-refractivity contribution in [3.63, 3.8) is 0 Å². The average Bonchev–Trinajstić information content (AvgIpc) is 2.88. The molecule has 3 aromatic rings. The first-order valence-corrected chi connectivity index (χ1v) is 8.18. The predicted molar refractivity (Wildman–Crippen MR) is 95.0 cm³/mol. The predicted octanol–water partition coefficient (Wildman–Crippen LogP) is 4.43. The number of H-pyrrole nitrogens is 1. The van der Waals surface area contributed by atoms with Crippen LogP contribution in [0.1, 0.15) is 19.4 Å². The summed E-state index contributed by atoms with van der Waals surface area (Å²) in [5.41, 5.74) is 2.84. The fraction of sp³-hybridized carbons (Fsp3) is 0.235. The second-order valence-corrected chi connectivity index (χ2v) is 6.38. The molecule has 120 valence electrons. The number of nitrogens with one attached hydrogen (secondary N) is 2. The maximum absolute atomic E-state index is 10.0. The zero-order valence-corrected chi connectivity index (χ0v) is 14.5. The molecule has 0 aliphatic carbocycles. The van der Waals surface area contributed by atoms with E-state index in [1.165, 1.54) is 0 Å². The lowest BCUT2D eigenvalue weighted by Crippen LogP contribution is -2.06. The van der Waals surface area contributed by atoms with E-state index in [1.807, 2.05) is 38.1 Å². The van der Waals surface area contributed by atoms with E-state index in [0.717, 1.165) is 26.8 Å². The Morgan fingerprint density at radius 2 is 2.09 bits per heavy atom. The number of phenols is 1. The standard InChI is InChI=1S/C17H18BrN3O2/c1-10(2)23-16-6-3-11(7-15(16)22)9-19-12-4-5-13-14(8-12)20-21-17(13)18/h3-8,10,19,22H,9H2,1-2H3,(H,20,21). The number of anilines is 1. The van der Waals surface area contributed by atoms with Crippen molar-refractivity contribution in [3.8, 4) is 11.5 Å². The summed E-state index contributed by atoms with van der Waals surface area (Å²) in [6.07, 6.45) is 0.0322. The molecule has 0 spiro atoms. The van der Waals surface area contributed by atoms with Gasteiger partial charge in [-0.05, 0) is 65.7 Å². The summed E-state index contributed by atoms with van der Waals surface area (Å²) in [6, 6.07) is 11.4. The van der Waals surface area contributed by atoms with Crippen LogP contribution >= 0.6 is 15.9 Å². The van der Waals surface area contributed by atoms with Crippen LogP contribution in [0.4, 0.5) is 5.69 Å². The number of halogens is 1. The van der Waals surface area contributed by atoms with Gasteiger partial charge in [0.2, 0.25) is 0 Å². The fourth-order valence-electron chi connectivity index (χ4n) is 2.32. The van der Waals surface area contributed by atoms with Gasteiger partial charge in [-0.1, -0.05) is 6.07 Å².